The Morgan fingerprint density at radius 2 is 2.22 bits per heavy atom. The lowest BCUT2D eigenvalue weighted by Crippen LogP contribution is -2.34. The molecule has 0 unspecified atom stereocenters. The molecule has 1 rings (SSSR count). The van der Waals surface area contributed by atoms with E-state index >= 15 is 0 Å². The number of nitro groups is 1. The molecule has 1 aromatic rings. The first-order chi connectivity index (χ1) is 8.31. The third-order valence-electron chi connectivity index (χ3n) is 2.25. The van der Waals surface area contributed by atoms with Crippen LogP contribution in [0.3, 0.4) is 0 Å². The molecule has 0 saturated carbocycles. The lowest BCUT2D eigenvalue weighted by molar-refractivity contribution is -0.389. The summed E-state index contributed by atoms with van der Waals surface area (Å²) in [5.74, 6) is -1.62. The van der Waals surface area contributed by atoms with Crippen LogP contribution in [0.25, 0.3) is 0 Å². The van der Waals surface area contributed by atoms with Gasteiger partial charge in [0.25, 0.3) is 0 Å². The number of hydrogen-bond acceptors (Lipinski definition) is 5. The molecule has 0 aliphatic rings. The van der Waals surface area contributed by atoms with Gasteiger partial charge in [-0.15, -0.1) is 0 Å². The number of carboxylic acid groups (broad SMARTS) is 1. The van der Waals surface area contributed by atoms with Crippen molar-refractivity contribution in [1.29, 1.82) is 0 Å². The lowest BCUT2D eigenvalue weighted by atomic mass is 10.4. The second-order valence-corrected chi connectivity index (χ2v) is 3.67. The average Bonchev–Trinajstić information content (AvgIpc) is 2.59. The Morgan fingerprint density at radius 1 is 1.61 bits per heavy atom. The monoisotopic (exact) mass is 256 g/mol. The molecule has 0 aliphatic carbocycles. The molecule has 98 valence electrons. The predicted molar refractivity (Wildman–Crippen MR) is 58.9 cm³/mol. The summed E-state index contributed by atoms with van der Waals surface area (Å²) in [6.45, 7) is 0.919. The first-order valence-corrected chi connectivity index (χ1v) is 4.95. The molecule has 9 nitrogen and oxygen atoms in total. The van der Waals surface area contributed by atoms with Crippen LogP contribution >= 0.6 is 0 Å². The maximum Gasteiger partial charge on any atom is 0.381 e. The van der Waals surface area contributed by atoms with Crippen LogP contribution in [0.15, 0.2) is 6.20 Å². The Bertz CT molecular complexity index is 495. The third kappa shape index (κ3) is 3.27. The van der Waals surface area contributed by atoms with Crippen molar-refractivity contribution < 1.29 is 19.6 Å². The van der Waals surface area contributed by atoms with Gasteiger partial charge in [0, 0.05) is 14.0 Å². The van der Waals surface area contributed by atoms with E-state index < -0.39 is 23.3 Å². The number of nitrogens with zero attached hydrogens (tertiary/aromatic N) is 4. The van der Waals surface area contributed by atoms with Crippen LogP contribution in [0.4, 0.5) is 5.82 Å². The number of hydrogen-bond donors (Lipinski definition) is 1. The van der Waals surface area contributed by atoms with E-state index in [9.17, 15) is 19.7 Å². The molecular formula is C9H12N4O5. The molecule has 0 spiro atoms. The van der Waals surface area contributed by atoms with Crippen molar-refractivity contribution in [2.24, 2.45) is 0 Å². The molecule has 1 amide bonds. The Morgan fingerprint density at radius 3 is 2.67 bits per heavy atom. The minimum absolute atomic E-state index is 0.184. The maximum absolute atomic E-state index is 11.6. The number of carbonyl (C=O) groups is 2. The first kappa shape index (κ1) is 13.6. The van der Waals surface area contributed by atoms with Crippen molar-refractivity contribution in [2.75, 3.05) is 13.6 Å². The van der Waals surface area contributed by atoms with Crippen molar-refractivity contribution in [3.05, 3.63) is 22.1 Å². The summed E-state index contributed by atoms with van der Waals surface area (Å²) in [7, 11) is 1.34. The van der Waals surface area contributed by atoms with Crippen LogP contribution in [0.1, 0.15) is 5.82 Å². The maximum atomic E-state index is 11.6. The van der Waals surface area contributed by atoms with Crippen molar-refractivity contribution in [3.63, 3.8) is 0 Å². The zero-order chi connectivity index (χ0) is 13.9. The molecule has 9 heteroatoms. The van der Waals surface area contributed by atoms with Gasteiger partial charge in [0.2, 0.25) is 11.7 Å². The van der Waals surface area contributed by atoms with E-state index in [1.165, 1.54) is 18.5 Å². The molecule has 0 saturated heterocycles. The van der Waals surface area contributed by atoms with Gasteiger partial charge in [-0.25, -0.2) is 0 Å². The van der Waals surface area contributed by atoms with Gasteiger partial charge < -0.3 is 20.1 Å². The summed E-state index contributed by atoms with van der Waals surface area (Å²) in [5, 5.41) is 19.0. The van der Waals surface area contributed by atoms with Gasteiger partial charge in [0.15, 0.2) is 0 Å². The summed E-state index contributed by atoms with van der Waals surface area (Å²) in [5.41, 5.74) is 0. The second kappa shape index (κ2) is 5.25. The van der Waals surface area contributed by atoms with Crippen molar-refractivity contribution in [1.82, 2.24) is 14.5 Å². The van der Waals surface area contributed by atoms with Crippen LogP contribution in [0, 0.1) is 17.0 Å². The van der Waals surface area contributed by atoms with E-state index in [-0.39, 0.29) is 12.4 Å². The van der Waals surface area contributed by atoms with Crippen LogP contribution < -0.4 is 0 Å². The fraction of sp³-hybridized carbons (Fsp3) is 0.444. The van der Waals surface area contributed by atoms with E-state index in [0.29, 0.717) is 5.82 Å². The fourth-order valence-corrected chi connectivity index (χ4v) is 1.30. The quantitative estimate of drug-likeness (QED) is 0.567. The highest BCUT2D eigenvalue weighted by Gasteiger charge is 2.19. The fourth-order valence-electron chi connectivity index (χ4n) is 1.30. The van der Waals surface area contributed by atoms with Gasteiger partial charge >= 0.3 is 11.8 Å². The number of aliphatic carboxylic acids is 1. The Labute approximate surface area is 102 Å². The van der Waals surface area contributed by atoms with Gasteiger partial charge in [-0.2, -0.15) is 0 Å². The van der Waals surface area contributed by atoms with Gasteiger partial charge in [-0.1, -0.05) is 0 Å². The number of amides is 1. The van der Waals surface area contributed by atoms with Gasteiger partial charge in [0.05, 0.1) is 0 Å². The highest BCUT2D eigenvalue weighted by molar-refractivity contribution is 5.80. The van der Waals surface area contributed by atoms with Crippen molar-refractivity contribution >= 4 is 17.7 Å². The number of likely N-dealkylation sites (N-methyl/N-ethyl adjacent to an activating group) is 1. The average molecular weight is 256 g/mol. The summed E-state index contributed by atoms with van der Waals surface area (Å²) < 4.78 is 1.30. The molecule has 0 aromatic carbocycles. The van der Waals surface area contributed by atoms with Gasteiger partial charge in [-0.05, 0) is 9.91 Å². The van der Waals surface area contributed by atoms with Crippen LogP contribution in [-0.4, -0.2) is 49.9 Å². The standard InChI is InChI=1S/C9H12N4O5/c1-6-10-7(13(17)18)3-12(6)4-8(14)11(2)5-9(15)16/h3H,4-5H2,1-2H3,(H,15,16). The summed E-state index contributed by atoms with van der Waals surface area (Å²) in [4.78, 5) is 36.6. The summed E-state index contributed by atoms with van der Waals surface area (Å²) in [6, 6.07) is 0. The largest absolute Gasteiger partial charge is 0.480 e. The molecule has 1 heterocycles. The molecular weight excluding hydrogens is 244 g/mol. The number of carbonyl (C=O) groups excluding carboxylic acids is 1. The van der Waals surface area contributed by atoms with E-state index in [4.69, 9.17) is 5.11 Å². The summed E-state index contributed by atoms with van der Waals surface area (Å²) in [6.07, 6.45) is 1.14. The highest BCUT2D eigenvalue weighted by Crippen LogP contribution is 2.10. The van der Waals surface area contributed by atoms with Crippen molar-refractivity contribution in [3.8, 4) is 0 Å². The SMILES string of the molecule is Cc1nc([N+](=O)[O-])cn1CC(=O)N(C)CC(=O)O. The van der Waals surface area contributed by atoms with E-state index in [1.807, 2.05) is 0 Å². The Hall–Kier alpha value is -2.45. The van der Waals surface area contributed by atoms with Crippen LogP contribution in [0.2, 0.25) is 0 Å². The summed E-state index contributed by atoms with van der Waals surface area (Å²) >= 11 is 0. The zero-order valence-electron chi connectivity index (χ0n) is 9.86. The van der Waals surface area contributed by atoms with Gasteiger partial charge in [-0.3, -0.25) is 14.2 Å². The van der Waals surface area contributed by atoms with E-state index in [1.54, 1.807) is 0 Å². The lowest BCUT2D eigenvalue weighted by Gasteiger charge is -2.14. The number of aryl methyl sites for hydroxylation is 1. The normalized spacial score (nSPS) is 10.1. The number of imidazole rings is 1. The Balaban J connectivity index is 2.75. The molecule has 0 fully saturated rings. The van der Waals surface area contributed by atoms with E-state index in [2.05, 4.69) is 4.98 Å². The topological polar surface area (TPSA) is 119 Å². The molecule has 0 bridgehead atoms. The molecule has 18 heavy (non-hydrogen) atoms. The molecule has 1 N–H and O–H groups in total. The minimum Gasteiger partial charge on any atom is -0.480 e. The first-order valence-electron chi connectivity index (χ1n) is 4.95. The second-order valence-electron chi connectivity index (χ2n) is 3.67. The zero-order valence-corrected chi connectivity index (χ0v) is 9.86. The number of rotatable bonds is 5. The molecule has 0 radical (unpaired) electrons. The van der Waals surface area contributed by atoms with Gasteiger partial charge in [0.1, 0.15) is 19.3 Å². The van der Waals surface area contributed by atoms with Crippen molar-refractivity contribution in [2.45, 2.75) is 13.5 Å². The molecule has 1 aromatic heterocycles. The predicted octanol–water partition coefficient (Wildman–Crippen LogP) is -0.357. The van der Waals surface area contributed by atoms with E-state index in [0.717, 1.165) is 11.1 Å². The number of carboxylic acids is 1. The Kier molecular flexibility index (Phi) is 3.97. The minimum atomic E-state index is -1.13. The number of aromatic nitrogens is 2. The highest BCUT2D eigenvalue weighted by atomic mass is 16.6. The van der Waals surface area contributed by atoms with Crippen LogP contribution in [0.5, 0.6) is 0 Å². The third-order valence-corrected chi connectivity index (χ3v) is 2.25. The molecule has 0 atom stereocenters. The van der Waals surface area contributed by atoms with Crippen LogP contribution in [-0.2, 0) is 16.1 Å². The molecule has 0 aliphatic heterocycles. The smallest absolute Gasteiger partial charge is 0.381 e.